The van der Waals surface area contributed by atoms with Crippen molar-refractivity contribution in [2.45, 2.75) is 6.92 Å². The van der Waals surface area contributed by atoms with Crippen LogP contribution in [0.15, 0.2) is 10.7 Å². The maximum Gasteiger partial charge on any atom is 0.395 e. The van der Waals surface area contributed by atoms with Gasteiger partial charge in [0, 0.05) is 0 Å². The lowest BCUT2D eigenvalue weighted by Crippen LogP contribution is -2.04. The second-order valence-corrected chi connectivity index (χ2v) is 2.59. The molecule has 0 atom stereocenters. The highest BCUT2D eigenvalue weighted by Gasteiger charge is 2.25. The Morgan fingerprint density at radius 2 is 2.40 bits per heavy atom. The Kier molecular flexibility index (Phi) is 3.03. The van der Waals surface area contributed by atoms with Crippen LogP contribution in [0.3, 0.4) is 0 Å². The third-order valence-corrected chi connectivity index (χ3v) is 1.66. The fraction of sp³-hybridized carbons (Fsp3) is 0.250. The topological polar surface area (TPSA) is 101 Å². The van der Waals surface area contributed by atoms with Gasteiger partial charge in [-0.15, -0.1) is 0 Å². The molecule has 0 radical (unpaired) electrons. The van der Waals surface area contributed by atoms with Crippen LogP contribution in [0, 0.1) is 12.3 Å². The van der Waals surface area contributed by atoms with E-state index >= 15 is 0 Å². The summed E-state index contributed by atoms with van der Waals surface area (Å²) in [6.07, 6.45) is 0.715. The largest absolute Gasteiger partial charge is 0.499 e. The third kappa shape index (κ3) is 1.94. The summed E-state index contributed by atoms with van der Waals surface area (Å²) in [5.74, 6) is -1.41. The summed E-state index contributed by atoms with van der Waals surface area (Å²) in [4.78, 5) is 13.9. The molecule has 1 aromatic heterocycles. The monoisotopic (exact) mass is 210 g/mol. The van der Waals surface area contributed by atoms with Gasteiger partial charge in [0.15, 0.2) is 4.98 Å². The van der Waals surface area contributed by atoms with Crippen molar-refractivity contribution in [1.29, 1.82) is 5.39 Å². The molecule has 7 heteroatoms. The maximum atomic E-state index is 11.3. The highest BCUT2D eigenvalue weighted by molar-refractivity contribution is 5.94. The Morgan fingerprint density at radius 1 is 1.73 bits per heavy atom. The Morgan fingerprint density at radius 3 is 2.93 bits per heavy atom. The number of carbonyl (C=O) groups excluding carboxylic acids is 1. The smallest absolute Gasteiger partial charge is 0.395 e. The van der Waals surface area contributed by atoms with Gasteiger partial charge in [-0.25, -0.2) is 4.79 Å². The molecule has 1 aromatic rings. The number of aliphatic hydroxyl groups excluding tert-OH is 1. The molecule has 0 saturated carbocycles. The summed E-state index contributed by atoms with van der Waals surface area (Å²) in [5, 5.41) is 21.0. The molecular formula is C8H8N3O4+. The summed E-state index contributed by atoms with van der Waals surface area (Å²) >= 11 is 0. The third-order valence-electron chi connectivity index (χ3n) is 1.66. The van der Waals surface area contributed by atoms with Crippen LogP contribution in [0.5, 0.6) is 0 Å². The second-order valence-electron chi connectivity index (χ2n) is 2.59. The first-order chi connectivity index (χ1) is 7.11. The van der Waals surface area contributed by atoms with Crippen LogP contribution in [0.2, 0.25) is 0 Å². The van der Waals surface area contributed by atoms with Crippen LogP contribution >= 0.6 is 0 Å². The lowest BCUT2D eigenvalue weighted by atomic mass is 10.2. The van der Waals surface area contributed by atoms with Crippen molar-refractivity contribution in [2.75, 3.05) is 7.11 Å². The van der Waals surface area contributed by atoms with E-state index in [0.29, 0.717) is 6.20 Å². The van der Waals surface area contributed by atoms with Crippen LogP contribution in [0.4, 0.5) is 0 Å². The van der Waals surface area contributed by atoms with Crippen molar-refractivity contribution >= 4 is 11.7 Å². The molecule has 1 heterocycles. The van der Waals surface area contributed by atoms with Gasteiger partial charge in [0.25, 0.3) is 5.76 Å². The minimum atomic E-state index is -0.693. The average Bonchev–Trinajstić information content (AvgIpc) is 2.59. The highest BCUT2D eigenvalue weighted by Crippen LogP contribution is 2.21. The molecular weight excluding hydrogens is 202 g/mol. The Labute approximate surface area is 84.6 Å². The SMILES string of the molecule is COC(=O)c1c(C)noc1/C(O)=C/[N+]#N. The molecule has 0 saturated heterocycles. The Bertz CT molecular complexity index is 455. The van der Waals surface area contributed by atoms with Crippen molar-refractivity contribution < 1.29 is 19.2 Å². The van der Waals surface area contributed by atoms with Gasteiger partial charge < -0.3 is 14.4 Å². The molecule has 0 aliphatic carbocycles. The van der Waals surface area contributed by atoms with Gasteiger partial charge in [-0.1, -0.05) is 5.16 Å². The van der Waals surface area contributed by atoms with Gasteiger partial charge in [-0.2, -0.15) is 0 Å². The minimum absolute atomic E-state index is 0.00472. The van der Waals surface area contributed by atoms with E-state index in [1.807, 2.05) is 0 Å². The number of diazo groups is 1. The van der Waals surface area contributed by atoms with E-state index in [-0.39, 0.29) is 17.0 Å². The lowest BCUT2D eigenvalue weighted by Gasteiger charge is -1.96. The van der Waals surface area contributed by atoms with Gasteiger partial charge in [-0.3, -0.25) is 0 Å². The molecule has 78 valence electrons. The number of esters is 1. The van der Waals surface area contributed by atoms with Crippen LogP contribution in [-0.2, 0) is 4.74 Å². The molecule has 0 bridgehead atoms. The number of hydrogen-bond donors (Lipinski definition) is 1. The van der Waals surface area contributed by atoms with Crippen molar-refractivity contribution in [1.82, 2.24) is 5.16 Å². The zero-order valence-corrected chi connectivity index (χ0v) is 8.09. The average molecular weight is 210 g/mol. The van der Waals surface area contributed by atoms with E-state index in [4.69, 9.17) is 9.92 Å². The first-order valence-corrected chi connectivity index (χ1v) is 3.90. The molecule has 0 amide bonds. The number of carbonyl (C=O) groups is 1. The van der Waals surface area contributed by atoms with Crippen molar-refractivity contribution in [3.8, 4) is 0 Å². The molecule has 0 aliphatic heterocycles. The molecule has 1 N–H and O–H groups in total. The fourth-order valence-corrected chi connectivity index (χ4v) is 1.00. The zero-order valence-electron chi connectivity index (χ0n) is 8.09. The van der Waals surface area contributed by atoms with Crippen molar-refractivity contribution in [3.05, 3.63) is 28.2 Å². The van der Waals surface area contributed by atoms with Gasteiger partial charge in [0.05, 0.1) is 12.8 Å². The molecule has 0 aliphatic rings. The van der Waals surface area contributed by atoms with Gasteiger partial charge in [0.1, 0.15) is 5.56 Å². The fourth-order valence-electron chi connectivity index (χ4n) is 1.00. The summed E-state index contributed by atoms with van der Waals surface area (Å²) in [6.45, 7) is 1.52. The van der Waals surface area contributed by atoms with Crippen molar-refractivity contribution in [2.24, 2.45) is 0 Å². The molecule has 0 fully saturated rings. The minimum Gasteiger partial charge on any atom is -0.499 e. The van der Waals surface area contributed by atoms with Gasteiger partial charge in [0.2, 0.25) is 11.2 Å². The highest BCUT2D eigenvalue weighted by atomic mass is 16.5. The first kappa shape index (κ1) is 10.7. The molecule has 0 unspecified atom stereocenters. The molecule has 1 rings (SSSR count). The molecule has 7 nitrogen and oxygen atoms in total. The number of methoxy groups -OCH3 is 1. The number of aryl methyl sites for hydroxylation is 1. The first-order valence-electron chi connectivity index (χ1n) is 3.90. The summed E-state index contributed by atoms with van der Waals surface area (Å²) in [6, 6.07) is 0. The van der Waals surface area contributed by atoms with Gasteiger partial charge >= 0.3 is 12.2 Å². The van der Waals surface area contributed by atoms with Crippen LogP contribution in [0.25, 0.3) is 10.7 Å². The van der Waals surface area contributed by atoms with Crippen LogP contribution in [0.1, 0.15) is 21.8 Å². The van der Waals surface area contributed by atoms with Gasteiger partial charge in [-0.05, 0) is 6.92 Å². The van der Waals surface area contributed by atoms with Crippen LogP contribution in [-0.4, -0.2) is 23.3 Å². The van der Waals surface area contributed by atoms with Crippen LogP contribution < -0.4 is 0 Å². The van der Waals surface area contributed by atoms with E-state index < -0.39 is 11.7 Å². The number of ether oxygens (including phenoxy) is 1. The zero-order chi connectivity index (χ0) is 11.4. The van der Waals surface area contributed by atoms with E-state index in [9.17, 15) is 9.90 Å². The molecule has 0 aromatic carbocycles. The van der Waals surface area contributed by atoms with E-state index in [2.05, 4.69) is 14.9 Å². The molecule has 15 heavy (non-hydrogen) atoms. The number of nitrogens with zero attached hydrogens (tertiary/aromatic N) is 3. The number of aliphatic hydroxyl groups is 1. The second kappa shape index (κ2) is 4.23. The Balaban J connectivity index is 3.27. The number of hydrogen-bond acceptors (Lipinski definition) is 6. The predicted molar refractivity (Wildman–Crippen MR) is 48.3 cm³/mol. The quantitative estimate of drug-likeness (QED) is 0.450. The van der Waals surface area contributed by atoms with Crippen molar-refractivity contribution in [3.63, 3.8) is 0 Å². The van der Waals surface area contributed by atoms with E-state index in [1.165, 1.54) is 14.0 Å². The number of aromatic nitrogens is 1. The maximum absolute atomic E-state index is 11.3. The standard InChI is InChI=1S/C8H7N3O4/c1-4-6(8(13)14-2)7(15-11-4)5(12)3-10-9/h3H,1-2H3/p+1/b5-3-. The summed E-state index contributed by atoms with van der Waals surface area (Å²) in [5.41, 5.74) is 0.268. The lowest BCUT2D eigenvalue weighted by molar-refractivity contribution is 0.0598. The van der Waals surface area contributed by atoms with E-state index in [1.54, 1.807) is 0 Å². The predicted octanol–water partition coefficient (Wildman–Crippen LogP) is 1.48. The molecule has 0 spiro atoms. The van der Waals surface area contributed by atoms with E-state index in [0.717, 1.165) is 0 Å². The number of rotatable bonds is 2. The Hall–Kier alpha value is -2.36. The summed E-state index contributed by atoms with van der Waals surface area (Å²) in [7, 11) is 1.19. The summed E-state index contributed by atoms with van der Waals surface area (Å²) < 4.78 is 9.17. The normalized spacial score (nSPS) is 10.9.